The van der Waals surface area contributed by atoms with Crippen LogP contribution in [0.5, 0.6) is 0 Å². The predicted molar refractivity (Wildman–Crippen MR) is 78.5 cm³/mol. The number of unbranched alkanes of at least 4 members (excludes halogenated alkanes) is 1. The standard InChI is InChI=1S/C12H22O2.C3H5NO/c1-5-7-8-11(6-2)9-14-12(13)10(3)4;1-2-3(4)5/h11H,3,5-9H2,1-2,4H3;2H,1H2,(H2,4,5). The molecule has 4 nitrogen and oxygen atoms in total. The van der Waals surface area contributed by atoms with Crippen LogP contribution in [0.4, 0.5) is 0 Å². The summed E-state index contributed by atoms with van der Waals surface area (Å²) in [5, 5.41) is 0. The van der Waals surface area contributed by atoms with E-state index in [4.69, 9.17) is 4.74 Å². The average molecular weight is 269 g/mol. The summed E-state index contributed by atoms with van der Waals surface area (Å²) < 4.78 is 5.12. The number of primary amides is 1. The predicted octanol–water partition coefficient (Wildman–Crippen LogP) is 2.98. The summed E-state index contributed by atoms with van der Waals surface area (Å²) in [7, 11) is 0. The van der Waals surface area contributed by atoms with E-state index in [1.54, 1.807) is 6.92 Å². The number of ether oxygens (including phenoxy) is 1. The summed E-state index contributed by atoms with van der Waals surface area (Å²) in [4.78, 5) is 20.6. The molecule has 1 amide bonds. The Labute approximate surface area is 116 Å². The quantitative estimate of drug-likeness (QED) is 0.544. The topological polar surface area (TPSA) is 69.4 Å². The second kappa shape index (κ2) is 12.9. The van der Waals surface area contributed by atoms with Gasteiger partial charge in [-0.15, -0.1) is 0 Å². The fourth-order valence-electron chi connectivity index (χ4n) is 1.21. The minimum atomic E-state index is -0.481. The van der Waals surface area contributed by atoms with Crippen LogP contribution < -0.4 is 5.73 Å². The molecule has 4 heteroatoms. The molecule has 0 bridgehead atoms. The van der Waals surface area contributed by atoms with Gasteiger partial charge in [-0.25, -0.2) is 4.79 Å². The summed E-state index contributed by atoms with van der Waals surface area (Å²) in [5.74, 6) is -0.233. The second-order valence-electron chi connectivity index (χ2n) is 4.40. The van der Waals surface area contributed by atoms with Gasteiger partial charge in [0.1, 0.15) is 0 Å². The molecule has 0 fully saturated rings. The Hall–Kier alpha value is -1.58. The number of hydrogen-bond donors (Lipinski definition) is 1. The van der Waals surface area contributed by atoms with Crippen LogP contribution in [-0.4, -0.2) is 18.5 Å². The van der Waals surface area contributed by atoms with E-state index in [2.05, 4.69) is 32.7 Å². The lowest BCUT2D eigenvalue weighted by atomic mass is 10.0. The number of amides is 1. The van der Waals surface area contributed by atoms with Crippen LogP contribution in [0.2, 0.25) is 0 Å². The lowest BCUT2D eigenvalue weighted by molar-refractivity contribution is -0.140. The fourth-order valence-corrected chi connectivity index (χ4v) is 1.21. The van der Waals surface area contributed by atoms with Crippen LogP contribution in [0.25, 0.3) is 0 Å². The van der Waals surface area contributed by atoms with Crippen molar-refractivity contribution in [3.05, 3.63) is 24.8 Å². The minimum Gasteiger partial charge on any atom is -0.462 e. The van der Waals surface area contributed by atoms with Gasteiger partial charge in [0.2, 0.25) is 5.91 Å². The van der Waals surface area contributed by atoms with Crippen molar-refractivity contribution in [2.24, 2.45) is 11.7 Å². The molecule has 0 saturated carbocycles. The maximum Gasteiger partial charge on any atom is 0.333 e. The Morgan fingerprint density at radius 2 is 1.89 bits per heavy atom. The Bertz CT molecular complexity index is 298. The van der Waals surface area contributed by atoms with Gasteiger partial charge in [-0.1, -0.05) is 46.3 Å². The zero-order valence-corrected chi connectivity index (χ0v) is 12.4. The molecule has 0 aromatic carbocycles. The van der Waals surface area contributed by atoms with Crippen molar-refractivity contribution >= 4 is 11.9 Å². The first-order valence-corrected chi connectivity index (χ1v) is 6.63. The Morgan fingerprint density at radius 1 is 1.37 bits per heavy atom. The molecule has 0 aromatic rings. The number of esters is 1. The van der Waals surface area contributed by atoms with E-state index >= 15 is 0 Å². The van der Waals surface area contributed by atoms with Crippen molar-refractivity contribution < 1.29 is 14.3 Å². The summed E-state index contributed by atoms with van der Waals surface area (Å²) in [6.07, 6.45) is 5.69. The third kappa shape index (κ3) is 14.4. The zero-order chi connectivity index (χ0) is 15.3. The lowest BCUT2D eigenvalue weighted by Crippen LogP contribution is -2.14. The summed E-state index contributed by atoms with van der Waals surface area (Å²) in [5.41, 5.74) is 5.02. The summed E-state index contributed by atoms with van der Waals surface area (Å²) >= 11 is 0. The van der Waals surface area contributed by atoms with E-state index in [1.807, 2.05) is 0 Å². The molecule has 0 radical (unpaired) electrons. The van der Waals surface area contributed by atoms with E-state index in [1.165, 1.54) is 12.8 Å². The van der Waals surface area contributed by atoms with Crippen molar-refractivity contribution in [3.63, 3.8) is 0 Å². The molecule has 19 heavy (non-hydrogen) atoms. The van der Waals surface area contributed by atoms with Gasteiger partial charge >= 0.3 is 5.97 Å². The van der Waals surface area contributed by atoms with Gasteiger partial charge < -0.3 is 10.5 Å². The first-order chi connectivity index (χ1) is 8.88. The van der Waals surface area contributed by atoms with E-state index in [-0.39, 0.29) is 5.97 Å². The zero-order valence-electron chi connectivity index (χ0n) is 12.4. The normalized spacial score (nSPS) is 10.7. The van der Waals surface area contributed by atoms with Gasteiger partial charge in [-0.3, -0.25) is 4.79 Å². The molecule has 0 saturated heterocycles. The molecule has 0 aliphatic rings. The minimum absolute atomic E-state index is 0.264. The Kier molecular flexibility index (Phi) is 13.4. The van der Waals surface area contributed by atoms with Crippen molar-refractivity contribution in [2.75, 3.05) is 6.61 Å². The lowest BCUT2D eigenvalue weighted by Gasteiger charge is -2.14. The van der Waals surface area contributed by atoms with E-state index in [9.17, 15) is 9.59 Å². The second-order valence-corrected chi connectivity index (χ2v) is 4.40. The van der Waals surface area contributed by atoms with Crippen LogP contribution in [0.1, 0.15) is 46.5 Å². The Morgan fingerprint density at radius 3 is 2.21 bits per heavy atom. The van der Waals surface area contributed by atoms with Crippen LogP contribution >= 0.6 is 0 Å². The molecular formula is C15H27NO3. The van der Waals surface area contributed by atoms with Crippen molar-refractivity contribution in [1.82, 2.24) is 0 Å². The number of carbonyl (C=O) groups excluding carboxylic acids is 2. The first kappa shape index (κ1) is 19.8. The van der Waals surface area contributed by atoms with Gasteiger partial charge in [0.05, 0.1) is 6.61 Å². The molecule has 0 aromatic heterocycles. The number of nitrogens with two attached hydrogens (primary N) is 1. The molecule has 0 rings (SSSR count). The van der Waals surface area contributed by atoms with Crippen LogP contribution in [0, 0.1) is 5.92 Å². The molecule has 0 aliphatic heterocycles. The molecule has 1 atom stereocenters. The van der Waals surface area contributed by atoms with Gasteiger partial charge in [0, 0.05) is 5.57 Å². The average Bonchev–Trinajstić information content (AvgIpc) is 2.39. The first-order valence-electron chi connectivity index (χ1n) is 6.63. The third-order valence-corrected chi connectivity index (χ3v) is 2.54. The highest BCUT2D eigenvalue weighted by atomic mass is 16.5. The number of rotatable bonds is 8. The van der Waals surface area contributed by atoms with Gasteiger partial charge in [-0.2, -0.15) is 0 Å². The van der Waals surface area contributed by atoms with E-state index < -0.39 is 5.91 Å². The number of hydrogen-bond acceptors (Lipinski definition) is 3. The Balaban J connectivity index is 0. The van der Waals surface area contributed by atoms with Gasteiger partial charge in [0.15, 0.2) is 0 Å². The molecule has 110 valence electrons. The molecular weight excluding hydrogens is 242 g/mol. The third-order valence-electron chi connectivity index (χ3n) is 2.54. The van der Waals surface area contributed by atoms with Crippen LogP contribution in [0.15, 0.2) is 24.8 Å². The monoisotopic (exact) mass is 269 g/mol. The summed E-state index contributed by atoms with van der Waals surface area (Å²) in [6.45, 7) is 13.2. The highest BCUT2D eigenvalue weighted by Gasteiger charge is 2.09. The fraction of sp³-hybridized carbons (Fsp3) is 0.600. The molecule has 0 heterocycles. The van der Waals surface area contributed by atoms with Gasteiger partial charge in [0.25, 0.3) is 0 Å². The molecule has 2 N–H and O–H groups in total. The maximum atomic E-state index is 11.1. The van der Waals surface area contributed by atoms with Crippen molar-refractivity contribution in [3.8, 4) is 0 Å². The highest BCUT2D eigenvalue weighted by Crippen LogP contribution is 2.13. The molecule has 1 unspecified atom stereocenters. The summed E-state index contributed by atoms with van der Waals surface area (Å²) in [6, 6.07) is 0. The molecule has 0 aliphatic carbocycles. The maximum absolute atomic E-state index is 11.1. The number of carbonyl (C=O) groups is 2. The largest absolute Gasteiger partial charge is 0.462 e. The SMILES string of the molecule is C=C(C)C(=O)OCC(CC)CCCC.C=CC(N)=O. The van der Waals surface area contributed by atoms with Crippen LogP contribution in [-0.2, 0) is 14.3 Å². The molecule has 0 spiro atoms. The van der Waals surface area contributed by atoms with Crippen molar-refractivity contribution in [2.45, 2.75) is 46.5 Å². The highest BCUT2D eigenvalue weighted by molar-refractivity contribution is 5.86. The van der Waals surface area contributed by atoms with Crippen LogP contribution in [0.3, 0.4) is 0 Å². The van der Waals surface area contributed by atoms with Crippen molar-refractivity contribution in [1.29, 1.82) is 0 Å². The van der Waals surface area contributed by atoms with E-state index in [0.29, 0.717) is 18.1 Å². The smallest absolute Gasteiger partial charge is 0.333 e. The van der Waals surface area contributed by atoms with Gasteiger partial charge in [-0.05, 0) is 25.3 Å². The van der Waals surface area contributed by atoms with E-state index in [0.717, 1.165) is 18.9 Å².